The zero-order valence-corrected chi connectivity index (χ0v) is 19.7. The summed E-state index contributed by atoms with van der Waals surface area (Å²) in [6.45, 7) is 5.68. The lowest BCUT2D eigenvalue weighted by atomic mass is 10.0. The van der Waals surface area contributed by atoms with E-state index in [1.807, 2.05) is 45.0 Å². The van der Waals surface area contributed by atoms with Crippen LogP contribution in [-0.4, -0.2) is 30.9 Å². The first-order valence-corrected chi connectivity index (χ1v) is 11.0. The van der Waals surface area contributed by atoms with Crippen molar-refractivity contribution < 1.29 is 19.1 Å². The van der Waals surface area contributed by atoms with E-state index < -0.39 is 11.9 Å². The highest BCUT2D eigenvalue weighted by molar-refractivity contribution is 6.10. The number of ether oxygens (including phenoxy) is 1. The Morgan fingerprint density at radius 1 is 0.794 bits per heavy atom. The average Bonchev–Trinajstić information content (AvgIpc) is 2.83. The molecule has 3 rings (SSSR count). The van der Waals surface area contributed by atoms with Crippen LogP contribution in [0.4, 0.5) is 11.4 Å². The van der Waals surface area contributed by atoms with Gasteiger partial charge in [-0.1, -0.05) is 43.7 Å². The van der Waals surface area contributed by atoms with Crippen molar-refractivity contribution in [2.24, 2.45) is 5.92 Å². The summed E-state index contributed by atoms with van der Waals surface area (Å²) < 4.78 is 5.12. The summed E-state index contributed by atoms with van der Waals surface area (Å²) in [6, 6.07) is 20.0. The Hall–Kier alpha value is -4.13. The highest BCUT2D eigenvalue weighted by Crippen LogP contribution is 2.19. The molecule has 1 atom stereocenters. The number of benzene rings is 3. The first kappa shape index (κ1) is 24.5. The molecule has 0 aliphatic heterocycles. The van der Waals surface area contributed by atoms with Crippen molar-refractivity contribution in [1.82, 2.24) is 5.32 Å². The lowest BCUT2D eigenvalue weighted by Gasteiger charge is -2.22. The highest BCUT2D eigenvalue weighted by atomic mass is 16.5. The van der Waals surface area contributed by atoms with Crippen molar-refractivity contribution in [3.63, 3.8) is 0 Å². The second kappa shape index (κ2) is 11.1. The van der Waals surface area contributed by atoms with E-state index in [0.717, 1.165) is 5.56 Å². The first-order chi connectivity index (χ1) is 16.3. The van der Waals surface area contributed by atoms with Crippen molar-refractivity contribution >= 4 is 29.1 Å². The molecule has 0 heterocycles. The molecule has 1 unspecified atom stereocenters. The van der Waals surface area contributed by atoms with Gasteiger partial charge >= 0.3 is 0 Å². The van der Waals surface area contributed by atoms with Crippen molar-refractivity contribution in [2.45, 2.75) is 26.8 Å². The number of rotatable bonds is 8. The van der Waals surface area contributed by atoms with E-state index in [1.54, 1.807) is 55.6 Å². The van der Waals surface area contributed by atoms with E-state index in [-0.39, 0.29) is 23.3 Å². The van der Waals surface area contributed by atoms with Crippen LogP contribution in [0.25, 0.3) is 0 Å². The SMILES string of the molecule is COc1ccc(C(=O)Nc2ccccc2C(=O)NC(C(=O)Nc2ccc(C)cc2)C(C)C)cc1. The van der Waals surface area contributed by atoms with Gasteiger partial charge in [0.1, 0.15) is 11.8 Å². The largest absolute Gasteiger partial charge is 0.497 e. The summed E-state index contributed by atoms with van der Waals surface area (Å²) in [7, 11) is 1.55. The van der Waals surface area contributed by atoms with E-state index in [2.05, 4.69) is 16.0 Å². The normalized spacial score (nSPS) is 11.4. The molecule has 3 amide bonds. The number of amides is 3. The van der Waals surface area contributed by atoms with Gasteiger partial charge in [0.2, 0.25) is 5.91 Å². The van der Waals surface area contributed by atoms with E-state index >= 15 is 0 Å². The Kier molecular flexibility index (Phi) is 8.03. The maximum Gasteiger partial charge on any atom is 0.255 e. The molecular formula is C27H29N3O4. The Morgan fingerprint density at radius 2 is 1.44 bits per heavy atom. The minimum atomic E-state index is -0.765. The van der Waals surface area contributed by atoms with Crippen LogP contribution in [0.5, 0.6) is 5.75 Å². The Balaban J connectivity index is 1.74. The van der Waals surface area contributed by atoms with Gasteiger partial charge in [-0.3, -0.25) is 14.4 Å². The first-order valence-electron chi connectivity index (χ1n) is 11.0. The van der Waals surface area contributed by atoms with Crippen LogP contribution in [-0.2, 0) is 4.79 Å². The van der Waals surface area contributed by atoms with Crippen molar-refractivity contribution in [2.75, 3.05) is 17.7 Å². The molecule has 0 aliphatic carbocycles. The molecule has 176 valence electrons. The number of carbonyl (C=O) groups excluding carboxylic acids is 3. The molecule has 7 heteroatoms. The molecule has 0 fully saturated rings. The molecule has 3 N–H and O–H groups in total. The number of carbonyl (C=O) groups is 3. The molecule has 7 nitrogen and oxygen atoms in total. The van der Waals surface area contributed by atoms with Crippen LogP contribution in [0.2, 0.25) is 0 Å². The topological polar surface area (TPSA) is 96.5 Å². The standard InChI is InChI=1S/C27H29N3O4/c1-17(2)24(27(33)28-20-13-9-18(3)10-14-20)30-26(32)22-7-5-6-8-23(22)29-25(31)19-11-15-21(34-4)16-12-19/h5-17,24H,1-4H3,(H,28,33)(H,29,31)(H,30,32). The number of hydrogen-bond acceptors (Lipinski definition) is 4. The van der Waals surface area contributed by atoms with Crippen LogP contribution in [0.3, 0.4) is 0 Å². The fraction of sp³-hybridized carbons (Fsp3) is 0.222. The molecule has 0 aliphatic rings. The molecule has 0 aromatic heterocycles. The summed E-state index contributed by atoms with van der Waals surface area (Å²) in [5.74, 6) is -0.647. The number of hydrogen-bond donors (Lipinski definition) is 3. The maximum atomic E-state index is 13.1. The number of methoxy groups -OCH3 is 1. The van der Waals surface area contributed by atoms with E-state index in [9.17, 15) is 14.4 Å². The van der Waals surface area contributed by atoms with Gasteiger partial charge in [0.05, 0.1) is 18.4 Å². The Labute approximate surface area is 199 Å². The van der Waals surface area contributed by atoms with Crippen LogP contribution in [0, 0.1) is 12.8 Å². The van der Waals surface area contributed by atoms with Crippen molar-refractivity contribution in [1.29, 1.82) is 0 Å². The molecule has 3 aromatic carbocycles. The predicted octanol–water partition coefficient (Wildman–Crippen LogP) is 4.65. The van der Waals surface area contributed by atoms with Gasteiger partial charge in [-0.25, -0.2) is 0 Å². The zero-order chi connectivity index (χ0) is 24.7. The molecule has 0 radical (unpaired) electrons. The second-order valence-corrected chi connectivity index (χ2v) is 8.28. The molecule has 34 heavy (non-hydrogen) atoms. The van der Waals surface area contributed by atoms with Gasteiger partial charge in [0.25, 0.3) is 11.8 Å². The third-order valence-electron chi connectivity index (χ3n) is 5.33. The summed E-state index contributed by atoms with van der Waals surface area (Å²) in [5, 5.41) is 8.45. The lowest BCUT2D eigenvalue weighted by molar-refractivity contribution is -0.118. The Morgan fingerprint density at radius 3 is 2.06 bits per heavy atom. The summed E-state index contributed by atoms with van der Waals surface area (Å²) in [4.78, 5) is 38.7. The smallest absolute Gasteiger partial charge is 0.255 e. The van der Waals surface area contributed by atoms with Crippen molar-refractivity contribution in [3.05, 3.63) is 89.5 Å². The highest BCUT2D eigenvalue weighted by Gasteiger charge is 2.26. The van der Waals surface area contributed by atoms with Crippen LogP contribution < -0.4 is 20.7 Å². The molecule has 0 spiro atoms. The summed E-state index contributed by atoms with van der Waals surface area (Å²) >= 11 is 0. The van der Waals surface area contributed by atoms with Gasteiger partial charge in [-0.05, 0) is 61.4 Å². The van der Waals surface area contributed by atoms with Gasteiger partial charge in [-0.2, -0.15) is 0 Å². The second-order valence-electron chi connectivity index (χ2n) is 8.28. The quantitative estimate of drug-likeness (QED) is 0.457. The van der Waals surface area contributed by atoms with E-state index in [0.29, 0.717) is 22.7 Å². The third-order valence-corrected chi connectivity index (χ3v) is 5.33. The minimum absolute atomic E-state index is 0.157. The Bertz CT molecular complexity index is 1160. The van der Waals surface area contributed by atoms with Crippen LogP contribution in [0.1, 0.15) is 40.1 Å². The van der Waals surface area contributed by atoms with E-state index in [4.69, 9.17) is 4.74 Å². The van der Waals surface area contributed by atoms with Gasteiger partial charge < -0.3 is 20.7 Å². The number of aryl methyl sites for hydroxylation is 1. The van der Waals surface area contributed by atoms with Crippen molar-refractivity contribution in [3.8, 4) is 5.75 Å². The minimum Gasteiger partial charge on any atom is -0.497 e. The van der Waals surface area contributed by atoms with Gasteiger partial charge in [0.15, 0.2) is 0 Å². The van der Waals surface area contributed by atoms with Crippen LogP contribution >= 0.6 is 0 Å². The van der Waals surface area contributed by atoms with Gasteiger partial charge in [0, 0.05) is 11.3 Å². The number of nitrogens with one attached hydrogen (secondary N) is 3. The fourth-order valence-corrected chi connectivity index (χ4v) is 3.34. The maximum absolute atomic E-state index is 13.1. The molecular weight excluding hydrogens is 430 g/mol. The van der Waals surface area contributed by atoms with E-state index in [1.165, 1.54) is 0 Å². The monoisotopic (exact) mass is 459 g/mol. The predicted molar refractivity (Wildman–Crippen MR) is 133 cm³/mol. The molecule has 0 bridgehead atoms. The third kappa shape index (κ3) is 6.22. The van der Waals surface area contributed by atoms with Gasteiger partial charge in [-0.15, -0.1) is 0 Å². The summed E-state index contributed by atoms with van der Waals surface area (Å²) in [5.41, 5.74) is 2.77. The number of anilines is 2. The number of para-hydroxylation sites is 1. The zero-order valence-electron chi connectivity index (χ0n) is 19.7. The summed E-state index contributed by atoms with van der Waals surface area (Å²) in [6.07, 6.45) is 0. The molecule has 0 saturated heterocycles. The van der Waals surface area contributed by atoms with Crippen LogP contribution in [0.15, 0.2) is 72.8 Å². The molecule has 0 saturated carbocycles. The fourth-order valence-electron chi connectivity index (χ4n) is 3.34. The molecule has 3 aromatic rings. The lowest BCUT2D eigenvalue weighted by Crippen LogP contribution is -2.47. The average molecular weight is 460 g/mol.